The fourth-order valence-electron chi connectivity index (χ4n) is 2.30. The molecule has 2 N–H and O–H groups in total. The largest absolute Gasteiger partial charge is 0.352 e. The highest BCUT2D eigenvalue weighted by Crippen LogP contribution is 2.17. The number of amides is 1. The van der Waals surface area contributed by atoms with Crippen molar-refractivity contribution in [3.63, 3.8) is 0 Å². The minimum absolute atomic E-state index is 0.0627. The molecule has 0 aliphatic carbocycles. The molecule has 1 aromatic carbocycles. The number of rotatable bonds is 6. The van der Waals surface area contributed by atoms with Crippen molar-refractivity contribution in [3.8, 4) is 0 Å². The summed E-state index contributed by atoms with van der Waals surface area (Å²) in [6, 6.07) is 8.61. The van der Waals surface area contributed by atoms with Crippen molar-refractivity contribution < 1.29 is 4.79 Å². The fraction of sp³-hybridized carbons (Fsp3) is 0.471. The lowest BCUT2D eigenvalue weighted by molar-refractivity contribution is -0.122. The summed E-state index contributed by atoms with van der Waals surface area (Å²) in [5.41, 5.74) is 2.33. The van der Waals surface area contributed by atoms with Crippen LogP contribution in [0, 0.1) is 5.92 Å². The van der Waals surface area contributed by atoms with E-state index in [-0.39, 0.29) is 11.9 Å². The molecule has 0 fully saturated rings. The van der Waals surface area contributed by atoms with E-state index < -0.39 is 0 Å². The lowest BCUT2D eigenvalue weighted by atomic mass is 10.1. The quantitative estimate of drug-likeness (QED) is 0.857. The van der Waals surface area contributed by atoms with Crippen molar-refractivity contribution in [2.24, 2.45) is 5.92 Å². The zero-order valence-corrected chi connectivity index (χ0v) is 13.3. The Morgan fingerprint density at radius 2 is 2.00 bits per heavy atom. The van der Waals surface area contributed by atoms with E-state index in [2.05, 4.69) is 48.7 Å². The Hall–Kier alpha value is -1.81. The van der Waals surface area contributed by atoms with E-state index in [4.69, 9.17) is 0 Å². The van der Waals surface area contributed by atoms with Gasteiger partial charge in [-0.25, -0.2) is 0 Å². The highest BCUT2D eigenvalue weighted by atomic mass is 16.2. The van der Waals surface area contributed by atoms with Gasteiger partial charge >= 0.3 is 0 Å². The summed E-state index contributed by atoms with van der Waals surface area (Å²) in [7, 11) is 1.93. The van der Waals surface area contributed by atoms with E-state index in [0.717, 1.165) is 12.1 Å². The number of benzene rings is 1. The maximum absolute atomic E-state index is 12.1. The van der Waals surface area contributed by atoms with Crippen molar-refractivity contribution in [2.45, 2.75) is 39.9 Å². The first kappa shape index (κ1) is 15.6. The van der Waals surface area contributed by atoms with Gasteiger partial charge in [0, 0.05) is 24.3 Å². The predicted octanol–water partition coefficient (Wildman–Crippen LogP) is 2.52. The van der Waals surface area contributed by atoms with E-state index in [1.807, 2.05) is 24.7 Å². The molecule has 1 heterocycles. The number of hydrogen-bond acceptors (Lipinski definition) is 2. The maximum Gasteiger partial charge on any atom is 0.240 e. The Morgan fingerprint density at radius 1 is 1.24 bits per heavy atom. The number of carbonyl (C=O) groups is 1. The Morgan fingerprint density at radius 3 is 2.67 bits per heavy atom. The van der Waals surface area contributed by atoms with Gasteiger partial charge in [0.1, 0.15) is 6.54 Å². The first-order valence-electron chi connectivity index (χ1n) is 7.53. The smallest absolute Gasteiger partial charge is 0.240 e. The molecule has 1 atom stereocenters. The minimum Gasteiger partial charge on any atom is -0.352 e. The van der Waals surface area contributed by atoms with E-state index in [1.54, 1.807) is 0 Å². The first-order chi connectivity index (χ1) is 10.0. The van der Waals surface area contributed by atoms with Crippen LogP contribution in [-0.4, -0.2) is 23.6 Å². The normalized spacial score (nSPS) is 12.8. The fourth-order valence-corrected chi connectivity index (χ4v) is 2.30. The molecule has 1 unspecified atom stereocenters. The van der Waals surface area contributed by atoms with Crippen LogP contribution < -0.4 is 10.6 Å². The molecule has 0 aliphatic rings. The predicted molar refractivity (Wildman–Crippen MR) is 87.1 cm³/mol. The molecule has 0 saturated carbocycles. The van der Waals surface area contributed by atoms with Gasteiger partial charge in [0.05, 0.1) is 0 Å². The van der Waals surface area contributed by atoms with Crippen LogP contribution in [0.15, 0.2) is 30.5 Å². The number of fused-ring (bicyclic) bond motifs is 1. The third-order valence-electron chi connectivity index (χ3n) is 3.92. The molecule has 0 radical (unpaired) electrons. The summed E-state index contributed by atoms with van der Waals surface area (Å²) in [5.74, 6) is 0.505. The topological polar surface area (TPSA) is 46.1 Å². The molecule has 4 heteroatoms. The summed E-state index contributed by atoms with van der Waals surface area (Å²) in [6.07, 6.45) is 1.98. The number of nitrogens with zero attached hydrogens (tertiary/aromatic N) is 1. The molecule has 2 aromatic rings. The average Bonchev–Trinajstić information content (AvgIpc) is 2.81. The Balaban J connectivity index is 2.14. The summed E-state index contributed by atoms with van der Waals surface area (Å²) in [5, 5.41) is 7.37. The zero-order valence-electron chi connectivity index (χ0n) is 13.3. The van der Waals surface area contributed by atoms with Gasteiger partial charge in [0.2, 0.25) is 5.91 Å². The van der Waals surface area contributed by atoms with Gasteiger partial charge in [-0.2, -0.15) is 0 Å². The van der Waals surface area contributed by atoms with Crippen molar-refractivity contribution in [3.05, 3.63) is 36.0 Å². The molecular formula is C17H25N3O. The molecule has 2 rings (SSSR count). The second-order valence-electron chi connectivity index (χ2n) is 5.97. The maximum atomic E-state index is 12.1. The van der Waals surface area contributed by atoms with Crippen LogP contribution in [0.2, 0.25) is 0 Å². The lowest BCUT2D eigenvalue weighted by Crippen LogP contribution is -2.38. The van der Waals surface area contributed by atoms with Crippen LogP contribution in [0.4, 0.5) is 0 Å². The van der Waals surface area contributed by atoms with Gasteiger partial charge < -0.3 is 15.2 Å². The molecule has 4 nitrogen and oxygen atoms in total. The van der Waals surface area contributed by atoms with Gasteiger partial charge in [-0.05, 0) is 43.0 Å². The van der Waals surface area contributed by atoms with Crippen LogP contribution in [-0.2, 0) is 17.9 Å². The highest BCUT2D eigenvalue weighted by molar-refractivity contribution is 5.84. The first-order valence-corrected chi connectivity index (χ1v) is 7.53. The number of aromatic nitrogens is 1. The monoisotopic (exact) mass is 287 g/mol. The number of carbonyl (C=O) groups excluding carboxylic acids is 1. The van der Waals surface area contributed by atoms with Crippen molar-refractivity contribution >= 4 is 16.8 Å². The van der Waals surface area contributed by atoms with E-state index in [1.165, 1.54) is 10.9 Å². The van der Waals surface area contributed by atoms with Crippen LogP contribution >= 0.6 is 0 Å². The molecule has 1 amide bonds. The van der Waals surface area contributed by atoms with Crippen LogP contribution in [0.5, 0.6) is 0 Å². The molecule has 0 aliphatic heterocycles. The Bertz CT molecular complexity index is 616. The number of nitrogens with one attached hydrogen (secondary N) is 2. The van der Waals surface area contributed by atoms with E-state index in [0.29, 0.717) is 12.5 Å². The third-order valence-corrected chi connectivity index (χ3v) is 3.92. The zero-order chi connectivity index (χ0) is 15.4. The van der Waals surface area contributed by atoms with Gasteiger partial charge in [0.15, 0.2) is 0 Å². The number of hydrogen-bond donors (Lipinski definition) is 2. The summed E-state index contributed by atoms with van der Waals surface area (Å²) in [6.45, 7) is 7.46. The SMILES string of the molecule is CNCc1ccc2ccn(CC(=O)NC(C)C(C)C)c2c1. The van der Waals surface area contributed by atoms with Gasteiger partial charge in [-0.3, -0.25) is 4.79 Å². The molecule has 21 heavy (non-hydrogen) atoms. The third kappa shape index (κ3) is 3.85. The molecule has 1 aromatic heterocycles. The Kier molecular flexibility index (Phi) is 5.02. The van der Waals surface area contributed by atoms with Gasteiger partial charge in [-0.1, -0.05) is 26.0 Å². The summed E-state index contributed by atoms with van der Waals surface area (Å²) >= 11 is 0. The van der Waals surface area contributed by atoms with Crippen molar-refractivity contribution in [1.82, 2.24) is 15.2 Å². The van der Waals surface area contributed by atoms with Crippen LogP contribution in [0.25, 0.3) is 10.9 Å². The molecule has 0 bridgehead atoms. The van der Waals surface area contributed by atoms with E-state index >= 15 is 0 Å². The summed E-state index contributed by atoms with van der Waals surface area (Å²) < 4.78 is 2.01. The second kappa shape index (κ2) is 6.76. The van der Waals surface area contributed by atoms with Crippen LogP contribution in [0.1, 0.15) is 26.3 Å². The standard InChI is InChI=1S/C17H25N3O/c1-12(2)13(3)19-17(21)11-20-8-7-15-6-5-14(10-18-4)9-16(15)20/h5-9,12-13,18H,10-11H2,1-4H3,(H,19,21). The van der Waals surface area contributed by atoms with Crippen LogP contribution in [0.3, 0.4) is 0 Å². The van der Waals surface area contributed by atoms with Gasteiger partial charge in [-0.15, -0.1) is 0 Å². The van der Waals surface area contributed by atoms with Crippen molar-refractivity contribution in [2.75, 3.05) is 7.05 Å². The van der Waals surface area contributed by atoms with E-state index in [9.17, 15) is 4.79 Å². The Labute approximate surface area is 126 Å². The van der Waals surface area contributed by atoms with Gasteiger partial charge in [0.25, 0.3) is 0 Å². The average molecular weight is 287 g/mol. The molecular weight excluding hydrogens is 262 g/mol. The van der Waals surface area contributed by atoms with Crippen molar-refractivity contribution in [1.29, 1.82) is 0 Å². The minimum atomic E-state index is 0.0627. The highest BCUT2D eigenvalue weighted by Gasteiger charge is 2.12. The summed E-state index contributed by atoms with van der Waals surface area (Å²) in [4.78, 5) is 12.1. The lowest BCUT2D eigenvalue weighted by Gasteiger charge is -2.17. The molecule has 0 spiro atoms. The molecule has 0 saturated heterocycles. The second-order valence-corrected chi connectivity index (χ2v) is 5.97. The molecule has 114 valence electrons.